The molecule has 2 rings (SSSR count). The average Bonchev–Trinajstić information content (AvgIpc) is 3.11. The Morgan fingerprint density at radius 3 is 2.78 bits per heavy atom. The number of likely N-dealkylation sites (N-methyl/N-ethyl adjacent to an activating group) is 1. The number of aryl methyl sites for hydroxylation is 1. The molecule has 1 aromatic carbocycles. The number of benzene rings is 1. The number of halogens is 2. The first-order valence-electron chi connectivity index (χ1n) is 9.04. The van der Waals surface area contributed by atoms with E-state index in [9.17, 15) is 9.18 Å². The van der Waals surface area contributed by atoms with Crippen molar-refractivity contribution < 1.29 is 13.9 Å². The molecule has 0 spiro atoms. The van der Waals surface area contributed by atoms with Crippen LogP contribution in [0.1, 0.15) is 24.0 Å². The van der Waals surface area contributed by atoms with E-state index in [-0.39, 0.29) is 48.3 Å². The third-order valence-corrected chi connectivity index (χ3v) is 4.38. The van der Waals surface area contributed by atoms with Gasteiger partial charge in [0.25, 0.3) is 0 Å². The van der Waals surface area contributed by atoms with Crippen molar-refractivity contribution in [2.45, 2.75) is 32.3 Å². The molecule has 6 nitrogen and oxygen atoms in total. The Labute approximate surface area is 178 Å². The van der Waals surface area contributed by atoms with Crippen LogP contribution >= 0.6 is 24.0 Å². The van der Waals surface area contributed by atoms with E-state index in [1.54, 1.807) is 20.2 Å². The highest BCUT2D eigenvalue weighted by Crippen LogP contribution is 2.11. The van der Waals surface area contributed by atoms with Crippen molar-refractivity contribution in [1.82, 2.24) is 15.5 Å². The number of hydrogen-bond donors (Lipinski definition) is 2. The largest absolute Gasteiger partial charge is 0.376 e. The Kier molecular flexibility index (Phi) is 10.6. The highest BCUT2D eigenvalue weighted by atomic mass is 127. The van der Waals surface area contributed by atoms with Gasteiger partial charge in [0.1, 0.15) is 12.4 Å². The van der Waals surface area contributed by atoms with E-state index >= 15 is 0 Å². The minimum Gasteiger partial charge on any atom is -0.376 e. The van der Waals surface area contributed by atoms with Crippen LogP contribution in [0, 0.1) is 12.7 Å². The summed E-state index contributed by atoms with van der Waals surface area (Å²) >= 11 is 0. The van der Waals surface area contributed by atoms with Gasteiger partial charge >= 0.3 is 0 Å². The molecule has 1 amide bonds. The molecular weight excluding hydrogens is 462 g/mol. The number of carbonyl (C=O) groups excluding carboxylic acids is 1. The van der Waals surface area contributed by atoms with Crippen molar-refractivity contribution in [2.75, 3.05) is 40.3 Å². The van der Waals surface area contributed by atoms with E-state index in [4.69, 9.17) is 4.74 Å². The number of ether oxygens (including phenoxy) is 1. The number of nitrogens with zero attached hydrogens (tertiary/aromatic N) is 2. The lowest BCUT2D eigenvalue weighted by molar-refractivity contribution is -0.127. The molecule has 0 saturated carbocycles. The van der Waals surface area contributed by atoms with Crippen molar-refractivity contribution in [1.29, 1.82) is 0 Å². The minimum absolute atomic E-state index is 0. The van der Waals surface area contributed by atoms with E-state index < -0.39 is 0 Å². The molecule has 1 unspecified atom stereocenters. The molecule has 0 radical (unpaired) electrons. The van der Waals surface area contributed by atoms with Gasteiger partial charge in [-0.15, -0.1) is 24.0 Å². The summed E-state index contributed by atoms with van der Waals surface area (Å²) in [6, 6.07) is 4.82. The summed E-state index contributed by atoms with van der Waals surface area (Å²) in [5.74, 6) is 0.315. The lowest BCUT2D eigenvalue weighted by Crippen LogP contribution is -2.42. The Morgan fingerprint density at radius 1 is 1.37 bits per heavy atom. The van der Waals surface area contributed by atoms with Gasteiger partial charge in [0.15, 0.2) is 5.96 Å². The Bertz CT molecular complexity index is 634. The number of nitrogens with one attached hydrogen (secondary N) is 2. The number of rotatable bonds is 7. The molecule has 0 aromatic heterocycles. The van der Waals surface area contributed by atoms with Crippen molar-refractivity contribution in [3.8, 4) is 0 Å². The van der Waals surface area contributed by atoms with Crippen molar-refractivity contribution in [2.24, 2.45) is 4.99 Å². The van der Waals surface area contributed by atoms with Gasteiger partial charge in [0, 0.05) is 33.8 Å². The van der Waals surface area contributed by atoms with Crippen molar-refractivity contribution in [3.05, 3.63) is 35.1 Å². The van der Waals surface area contributed by atoms with Gasteiger partial charge in [0.05, 0.1) is 6.10 Å². The van der Waals surface area contributed by atoms with Crippen LogP contribution in [0.2, 0.25) is 0 Å². The lowest BCUT2D eigenvalue weighted by atomic mass is 10.1. The maximum absolute atomic E-state index is 13.2. The molecular formula is C19H30FIN4O2. The number of guanidine groups is 1. The first-order valence-corrected chi connectivity index (χ1v) is 9.04. The van der Waals surface area contributed by atoms with Crippen LogP contribution in [0.3, 0.4) is 0 Å². The van der Waals surface area contributed by atoms with Gasteiger partial charge in [-0.2, -0.15) is 0 Å². The molecule has 152 valence electrons. The fourth-order valence-corrected chi connectivity index (χ4v) is 2.73. The van der Waals surface area contributed by atoms with Crippen LogP contribution in [0.25, 0.3) is 0 Å². The molecule has 8 heteroatoms. The third kappa shape index (κ3) is 8.42. The van der Waals surface area contributed by atoms with Crippen LogP contribution < -0.4 is 10.6 Å². The van der Waals surface area contributed by atoms with E-state index in [1.165, 1.54) is 17.0 Å². The topological polar surface area (TPSA) is 66.0 Å². The van der Waals surface area contributed by atoms with Crippen LogP contribution in [0.4, 0.5) is 4.39 Å². The van der Waals surface area contributed by atoms with Crippen LogP contribution in [-0.2, 0) is 16.0 Å². The molecule has 1 heterocycles. The molecule has 2 N–H and O–H groups in total. The smallest absolute Gasteiger partial charge is 0.243 e. The maximum atomic E-state index is 13.2. The molecule has 1 aromatic rings. The summed E-state index contributed by atoms with van der Waals surface area (Å²) in [6.45, 7) is 4.09. The zero-order chi connectivity index (χ0) is 18.9. The first-order chi connectivity index (χ1) is 12.5. The van der Waals surface area contributed by atoms with E-state index in [2.05, 4.69) is 15.6 Å². The molecule has 1 fully saturated rings. The SMILES string of the molecule is Cc1cc(F)ccc1CCNC(=NCC(=O)N(C)C)NCC1CCCO1.I. The van der Waals surface area contributed by atoms with Crippen molar-refractivity contribution >= 4 is 35.8 Å². The summed E-state index contributed by atoms with van der Waals surface area (Å²) in [7, 11) is 3.42. The highest BCUT2D eigenvalue weighted by molar-refractivity contribution is 14.0. The van der Waals surface area contributed by atoms with E-state index in [0.29, 0.717) is 19.0 Å². The molecule has 27 heavy (non-hydrogen) atoms. The second-order valence-corrected chi connectivity index (χ2v) is 6.72. The molecule has 1 atom stereocenters. The summed E-state index contributed by atoms with van der Waals surface area (Å²) in [5, 5.41) is 6.50. The first kappa shape index (κ1) is 23.6. The minimum atomic E-state index is -0.220. The second kappa shape index (κ2) is 12.1. The van der Waals surface area contributed by atoms with Gasteiger partial charge in [-0.3, -0.25) is 4.79 Å². The Hall–Kier alpha value is -1.42. The Balaban J connectivity index is 0.00000364. The number of carbonyl (C=O) groups is 1. The molecule has 0 aliphatic carbocycles. The normalized spacial score (nSPS) is 16.6. The van der Waals surface area contributed by atoms with E-state index in [0.717, 1.165) is 37.0 Å². The summed E-state index contributed by atoms with van der Waals surface area (Å²) in [6.07, 6.45) is 3.04. The number of hydrogen-bond acceptors (Lipinski definition) is 3. The highest BCUT2D eigenvalue weighted by Gasteiger charge is 2.15. The monoisotopic (exact) mass is 492 g/mol. The van der Waals surface area contributed by atoms with Gasteiger partial charge in [-0.25, -0.2) is 9.38 Å². The fraction of sp³-hybridized carbons (Fsp3) is 0.579. The van der Waals surface area contributed by atoms with Crippen LogP contribution in [0.5, 0.6) is 0 Å². The molecule has 1 saturated heterocycles. The number of amides is 1. The molecule has 1 aliphatic rings. The summed E-state index contributed by atoms with van der Waals surface area (Å²) < 4.78 is 18.8. The molecule has 1 aliphatic heterocycles. The van der Waals surface area contributed by atoms with Crippen LogP contribution in [-0.4, -0.2) is 63.2 Å². The van der Waals surface area contributed by atoms with E-state index in [1.807, 2.05) is 6.92 Å². The van der Waals surface area contributed by atoms with Crippen molar-refractivity contribution in [3.63, 3.8) is 0 Å². The quantitative estimate of drug-likeness (QED) is 0.348. The Morgan fingerprint density at radius 2 is 2.15 bits per heavy atom. The predicted molar refractivity (Wildman–Crippen MR) is 116 cm³/mol. The summed E-state index contributed by atoms with van der Waals surface area (Å²) in [5.41, 5.74) is 2.02. The standard InChI is InChI=1S/C19H29FN4O2.HI/c1-14-11-16(20)7-6-15(14)8-9-21-19(23-13-18(25)24(2)3)22-12-17-5-4-10-26-17;/h6-7,11,17H,4-5,8-10,12-13H2,1-3H3,(H2,21,22,23);1H. The number of aliphatic imine (C=N–C) groups is 1. The fourth-order valence-electron chi connectivity index (χ4n) is 2.73. The predicted octanol–water partition coefficient (Wildman–Crippen LogP) is 2.10. The molecule has 0 bridgehead atoms. The average molecular weight is 492 g/mol. The third-order valence-electron chi connectivity index (χ3n) is 4.38. The van der Waals surface area contributed by atoms with Gasteiger partial charge in [0.2, 0.25) is 5.91 Å². The maximum Gasteiger partial charge on any atom is 0.243 e. The zero-order valence-electron chi connectivity index (χ0n) is 16.3. The van der Waals surface area contributed by atoms with Gasteiger partial charge in [-0.1, -0.05) is 6.07 Å². The zero-order valence-corrected chi connectivity index (χ0v) is 18.6. The summed E-state index contributed by atoms with van der Waals surface area (Å²) in [4.78, 5) is 17.7. The lowest BCUT2D eigenvalue weighted by Gasteiger charge is -2.16. The second-order valence-electron chi connectivity index (χ2n) is 6.72. The van der Waals surface area contributed by atoms with Crippen LogP contribution in [0.15, 0.2) is 23.2 Å². The van der Waals surface area contributed by atoms with Gasteiger partial charge < -0.3 is 20.3 Å². The van der Waals surface area contributed by atoms with Gasteiger partial charge in [-0.05, 0) is 49.4 Å².